The van der Waals surface area contributed by atoms with Gasteiger partial charge in [0.25, 0.3) is 0 Å². The van der Waals surface area contributed by atoms with E-state index in [0.717, 1.165) is 73.2 Å². The molecule has 5 heterocycles. The van der Waals surface area contributed by atoms with Gasteiger partial charge in [-0.15, -0.1) is 0 Å². The van der Waals surface area contributed by atoms with Crippen LogP contribution in [0.15, 0.2) is 28.3 Å². The normalized spacial score (nSPS) is 22.3. The number of aromatic nitrogens is 2. The van der Waals surface area contributed by atoms with E-state index in [1.165, 1.54) is 11.8 Å². The summed E-state index contributed by atoms with van der Waals surface area (Å²) in [4.78, 5) is 29.8. The first-order valence-corrected chi connectivity index (χ1v) is 12.5. The number of fused-ring (bicyclic) bond motifs is 1. The van der Waals surface area contributed by atoms with Crippen LogP contribution in [-0.4, -0.2) is 71.5 Å². The summed E-state index contributed by atoms with van der Waals surface area (Å²) in [6, 6.07) is 3.77. The molecule has 0 aliphatic carbocycles. The second kappa shape index (κ2) is 8.66. The number of likely N-dealkylation sites (tertiary alicyclic amines) is 1. The van der Waals surface area contributed by atoms with Gasteiger partial charge in [0.15, 0.2) is 5.82 Å². The number of hydrogen-bond donors (Lipinski definition) is 2. The Morgan fingerprint density at radius 2 is 2.15 bits per heavy atom. The molecule has 0 spiro atoms. The van der Waals surface area contributed by atoms with Crippen molar-refractivity contribution in [1.82, 2.24) is 20.2 Å². The SMILES string of the molecule is O=C1CSc2ncc(CNC3CCN(C[C@@H]4CN5CC=Nc6ccc(F)c4c65)CC3)nc2N1. The Balaban J connectivity index is 1.03. The first-order chi connectivity index (χ1) is 16.1. The van der Waals surface area contributed by atoms with E-state index in [-0.39, 0.29) is 17.6 Å². The van der Waals surface area contributed by atoms with Gasteiger partial charge in [-0.1, -0.05) is 11.8 Å². The Kier molecular flexibility index (Phi) is 5.51. The maximum Gasteiger partial charge on any atom is 0.236 e. The lowest BCUT2D eigenvalue weighted by Gasteiger charge is -2.34. The highest BCUT2D eigenvalue weighted by atomic mass is 32.2. The van der Waals surface area contributed by atoms with Gasteiger partial charge in [-0.25, -0.2) is 14.4 Å². The van der Waals surface area contributed by atoms with Crippen LogP contribution in [0.4, 0.5) is 21.6 Å². The number of carbonyl (C=O) groups is 1. The van der Waals surface area contributed by atoms with Crippen molar-refractivity contribution in [3.8, 4) is 0 Å². The number of amides is 1. The smallest absolute Gasteiger partial charge is 0.236 e. The van der Waals surface area contributed by atoms with Gasteiger partial charge < -0.3 is 20.4 Å². The average Bonchev–Trinajstić information content (AvgIpc) is 3.20. The maximum atomic E-state index is 14.7. The Bertz CT molecular complexity index is 1120. The predicted molar refractivity (Wildman–Crippen MR) is 127 cm³/mol. The molecule has 1 amide bonds. The molecule has 2 aromatic rings. The van der Waals surface area contributed by atoms with Crippen molar-refractivity contribution in [1.29, 1.82) is 0 Å². The van der Waals surface area contributed by atoms with E-state index in [1.54, 1.807) is 18.3 Å². The van der Waals surface area contributed by atoms with Gasteiger partial charge in [0, 0.05) is 43.4 Å². The highest BCUT2D eigenvalue weighted by Crippen LogP contribution is 2.45. The van der Waals surface area contributed by atoms with Crippen LogP contribution < -0.4 is 15.5 Å². The van der Waals surface area contributed by atoms with Gasteiger partial charge >= 0.3 is 0 Å². The highest BCUT2D eigenvalue weighted by molar-refractivity contribution is 8.00. The first kappa shape index (κ1) is 21.0. The summed E-state index contributed by atoms with van der Waals surface area (Å²) in [5.74, 6) is 1.02. The minimum Gasteiger partial charge on any atom is -0.364 e. The Morgan fingerprint density at radius 1 is 1.27 bits per heavy atom. The number of hydrogen-bond acceptors (Lipinski definition) is 8. The lowest BCUT2D eigenvalue weighted by molar-refractivity contribution is -0.113. The number of nitrogens with zero attached hydrogens (tertiary/aromatic N) is 5. The molecule has 1 saturated heterocycles. The summed E-state index contributed by atoms with van der Waals surface area (Å²) in [6.07, 6.45) is 5.79. The molecule has 4 aliphatic rings. The molecule has 10 heteroatoms. The van der Waals surface area contributed by atoms with Crippen LogP contribution in [0.1, 0.15) is 30.0 Å². The molecule has 4 aliphatic heterocycles. The van der Waals surface area contributed by atoms with Crippen molar-refractivity contribution in [2.75, 3.05) is 48.7 Å². The van der Waals surface area contributed by atoms with Crippen molar-refractivity contribution in [2.45, 2.75) is 36.4 Å². The minimum absolute atomic E-state index is 0.0301. The minimum atomic E-state index is -0.101. The molecule has 8 nitrogen and oxygen atoms in total. The van der Waals surface area contributed by atoms with Crippen LogP contribution >= 0.6 is 11.8 Å². The summed E-state index contributed by atoms with van der Waals surface area (Å²) in [6.45, 7) is 5.11. The number of carbonyl (C=O) groups excluding carboxylic acids is 1. The number of aliphatic imine (C=N–C) groups is 1. The molecule has 172 valence electrons. The monoisotopic (exact) mass is 467 g/mol. The largest absolute Gasteiger partial charge is 0.364 e. The van der Waals surface area contributed by atoms with Gasteiger partial charge in [-0.3, -0.25) is 9.79 Å². The fourth-order valence-electron chi connectivity index (χ4n) is 5.27. The zero-order valence-corrected chi connectivity index (χ0v) is 19.1. The summed E-state index contributed by atoms with van der Waals surface area (Å²) in [5.41, 5.74) is 3.58. The lowest BCUT2D eigenvalue weighted by atomic mass is 9.97. The molecule has 6 rings (SSSR count). The number of anilines is 2. The van der Waals surface area contributed by atoms with Gasteiger partial charge in [0.1, 0.15) is 10.8 Å². The number of nitrogens with one attached hydrogen (secondary N) is 2. The van der Waals surface area contributed by atoms with Crippen molar-refractivity contribution in [2.24, 2.45) is 4.99 Å². The topological polar surface area (TPSA) is 85.8 Å². The molecule has 33 heavy (non-hydrogen) atoms. The Morgan fingerprint density at radius 3 is 3.03 bits per heavy atom. The third kappa shape index (κ3) is 4.11. The van der Waals surface area contributed by atoms with E-state index in [4.69, 9.17) is 0 Å². The Labute approximate surface area is 196 Å². The summed E-state index contributed by atoms with van der Waals surface area (Å²) >= 11 is 1.42. The maximum absolute atomic E-state index is 14.7. The van der Waals surface area contributed by atoms with Crippen molar-refractivity contribution < 1.29 is 9.18 Å². The highest BCUT2D eigenvalue weighted by Gasteiger charge is 2.36. The van der Waals surface area contributed by atoms with Gasteiger partial charge in [0.05, 0.1) is 35.6 Å². The van der Waals surface area contributed by atoms with Crippen molar-refractivity contribution in [3.05, 3.63) is 35.4 Å². The second-order valence-corrected chi connectivity index (χ2v) is 10.0. The molecule has 1 atom stereocenters. The molecule has 0 saturated carbocycles. The quantitative estimate of drug-likeness (QED) is 0.699. The van der Waals surface area contributed by atoms with Crippen LogP contribution in [0, 0.1) is 5.82 Å². The molecule has 1 aromatic carbocycles. The molecule has 0 radical (unpaired) electrons. The fourth-order valence-corrected chi connectivity index (χ4v) is 5.97. The summed E-state index contributed by atoms with van der Waals surface area (Å²) in [5, 5.41) is 7.17. The second-order valence-electron chi connectivity index (χ2n) is 9.05. The van der Waals surface area contributed by atoms with E-state index in [2.05, 4.69) is 35.4 Å². The van der Waals surface area contributed by atoms with Crippen LogP contribution in [-0.2, 0) is 11.3 Å². The summed E-state index contributed by atoms with van der Waals surface area (Å²) in [7, 11) is 0. The van der Waals surface area contributed by atoms with Crippen molar-refractivity contribution >= 4 is 41.1 Å². The van der Waals surface area contributed by atoms with E-state index < -0.39 is 0 Å². The molecule has 1 fully saturated rings. The van der Waals surface area contributed by atoms with Crippen LogP contribution in [0.5, 0.6) is 0 Å². The predicted octanol–water partition coefficient (Wildman–Crippen LogP) is 2.53. The number of halogens is 1. The number of piperidine rings is 1. The standard InChI is InChI=1S/C23H26FN7OS/c24-17-1-2-18-21-20(17)14(12-31(21)8-5-25-18)11-30-6-3-15(4-7-30)26-9-16-10-27-23-22(28-16)29-19(32)13-33-23/h1-2,5,10,14-15,26H,3-4,6-9,11-13H2,(H,28,29,32)/t14-/m1/s1. The molecular formula is C23H26FN7OS. The molecule has 2 N–H and O–H groups in total. The van der Waals surface area contributed by atoms with Gasteiger partial charge in [-0.05, 0) is 38.1 Å². The van der Waals surface area contributed by atoms with Crippen LogP contribution in [0.3, 0.4) is 0 Å². The fraction of sp³-hybridized carbons (Fsp3) is 0.478. The van der Waals surface area contributed by atoms with E-state index in [9.17, 15) is 9.18 Å². The molecule has 0 unspecified atom stereocenters. The van der Waals surface area contributed by atoms with Crippen LogP contribution in [0.2, 0.25) is 0 Å². The number of benzene rings is 1. The average molecular weight is 468 g/mol. The van der Waals surface area contributed by atoms with E-state index >= 15 is 0 Å². The number of thioether (sulfide) groups is 1. The zero-order chi connectivity index (χ0) is 22.4. The van der Waals surface area contributed by atoms with Crippen molar-refractivity contribution in [3.63, 3.8) is 0 Å². The third-order valence-electron chi connectivity index (χ3n) is 6.86. The lowest BCUT2D eigenvalue weighted by Crippen LogP contribution is -2.44. The number of rotatable bonds is 5. The third-order valence-corrected chi connectivity index (χ3v) is 7.84. The molecule has 1 aromatic heterocycles. The van der Waals surface area contributed by atoms with Gasteiger partial charge in [-0.2, -0.15) is 0 Å². The molecular weight excluding hydrogens is 441 g/mol. The van der Waals surface area contributed by atoms with Crippen LogP contribution in [0.25, 0.3) is 0 Å². The first-order valence-electron chi connectivity index (χ1n) is 11.5. The Hall–Kier alpha value is -2.56. The zero-order valence-electron chi connectivity index (χ0n) is 18.3. The summed E-state index contributed by atoms with van der Waals surface area (Å²) < 4.78 is 14.7. The van der Waals surface area contributed by atoms with Gasteiger partial charge in [0.2, 0.25) is 5.91 Å². The van der Waals surface area contributed by atoms with E-state index in [1.807, 2.05) is 6.21 Å². The molecule has 0 bridgehead atoms. The van der Waals surface area contributed by atoms with E-state index in [0.29, 0.717) is 24.2 Å².